The summed E-state index contributed by atoms with van der Waals surface area (Å²) in [5.74, 6) is 0.862. The van der Waals surface area contributed by atoms with Crippen molar-refractivity contribution in [2.45, 2.75) is 44.0 Å². The van der Waals surface area contributed by atoms with E-state index < -0.39 is 6.09 Å². The summed E-state index contributed by atoms with van der Waals surface area (Å²) in [4.78, 5) is 11.5. The molecule has 1 amide bonds. The van der Waals surface area contributed by atoms with Gasteiger partial charge in [0.2, 0.25) is 0 Å². The molecule has 1 N–H and O–H groups in total. The molecule has 17 heavy (non-hydrogen) atoms. The molecule has 4 nitrogen and oxygen atoms in total. The third kappa shape index (κ3) is 7.06. The molecule has 0 spiro atoms. The number of hydrogen-bond acceptors (Lipinski definition) is 5. The number of rotatable bonds is 6. The largest absolute Gasteiger partial charge is 0.434 e. The first-order valence-electron chi connectivity index (χ1n) is 6.23. The number of ether oxygens (including phenoxy) is 1. The van der Waals surface area contributed by atoms with E-state index in [1.807, 2.05) is 5.01 Å². The van der Waals surface area contributed by atoms with Crippen molar-refractivity contribution >= 4 is 31.4 Å². The van der Waals surface area contributed by atoms with Crippen LogP contribution in [0.1, 0.15) is 38.5 Å². The van der Waals surface area contributed by atoms with Gasteiger partial charge in [0.05, 0.1) is 0 Å². The first-order chi connectivity index (χ1) is 8.22. The van der Waals surface area contributed by atoms with E-state index in [-0.39, 0.29) is 5.44 Å². The lowest BCUT2D eigenvalue weighted by Crippen LogP contribution is -2.45. The number of unbranched alkanes of at least 4 members (excludes halogenated alkanes) is 1. The van der Waals surface area contributed by atoms with Crippen LogP contribution < -0.4 is 5.43 Å². The van der Waals surface area contributed by atoms with Crippen LogP contribution in [0.5, 0.6) is 0 Å². The highest BCUT2D eigenvalue weighted by Gasteiger charge is 2.15. The summed E-state index contributed by atoms with van der Waals surface area (Å²) < 4.78 is 5.15. The van der Waals surface area contributed by atoms with Crippen molar-refractivity contribution in [2.24, 2.45) is 0 Å². The van der Waals surface area contributed by atoms with E-state index in [1.54, 1.807) is 0 Å². The summed E-state index contributed by atoms with van der Waals surface area (Å²) in [7, 11) is 0. The Bertz CT molecular complexity index is 224. The lowest BCUT2D eigenvalue weighted by atomic mass is 10.2. The molecule has 1 atom stereocenters. The lowest BCUT2D eigenvalue weighted by molar-refractivity contribution is 0.0865. The van der Waals surface area contributed by atoms with Crippen LogP contribution in [0.25, 0.3) is 0 Å². The number of piperidine rings is 1. The molecule has 0 bridgehead atoms. The van der Waals surface area contributed by atoms with Gasteiger partial charge < -0.3 is 4.74 Å². The van der Waals surface area contributed by atoms with Crippen LogP contribution >= 0.6 is 25.3 Å². The van der Waals surface area contributed by atoms with Gasteiger partial charge in [0, 0.05) is 13.1 Å². The zero-order valence-electron chi connectivity index (χ0n) is 10.1. The van der Waals surface area contributed by atoms with Crippen molar-refractivity contribution in [2.75, 3.05) is 18.8 Å². The zero-order valence-corrected chi connectivity index (χ0v) is 11.9. The lowest BCUT2D eigenvalue weighted by Gasteiger charge is -2.26. The molecule has 1 unspecified atom stereocenters. The minimum atomic E-state index is -0.391. The van der Waals surface area contributed by atoms with Gasteiger partial charge in [0.25, 0.3) is 0 Å². The Kier molecular flexibility index (Phi) is 7.88. The van der Waals surface area contributed by atoms with Crippen LogP contribution in [0.3, 0.4) is 0 Å². The molecule has 1 aliphatic rings. The Balaban J connectivity index is 2.10. The summed E-state index contributed by atoms with van der Waals surface area (Å²) in [6, 6.07) is 0. The highest BCUT2D eigenvalue weighted by Crippen LogP contribution is 2.10. The molecular formula is C11H22N2O2S2. The van der Waals surface area contributed by atoms with Crippen molar-refractivity contribution in [3.05, 3.63) is 0 Å². The average molecular weight is 278 g/mol. The first kappa shape index (κ1) is 15.0. The number of carbonyl (C=O) groups excluding carboxylic acids is 1. The molecule has 0 aromatic heterocycles. The van der Waals surface area contributed by atoms with Crippen molar-refractivity contribution < 1.29 is 9.53 Å². The number of thiol groups is 2. The fourth-order valence-corrected chi connectivity index (χ4v) is 2.28. The third-order valence-electron chi connectivity index (χ3n) is 2.71. The second kappa shape index (κ2) is 8.94. The molecule has 0 saturated carbocycles. The summed E-state index contributed by atoms with van der Waals surface area (Å²) in [6.45, 7) is 1.82. The highest BCUT2D eigenvalue weighted by molar-refractivity contribution is 7.80. The third-order valence-corrected chi connectivity index (χ3v) is 3.39. The van der Waals surface area contributed by atoms with E-state index in [1.165, 1.54) is 6.42 Å². The van der Waals surface area contributed by atoms with Crippen LogP contribution in [0.15, 0.2) is 0 Å². The monoisotopic (exact) mass is 278 g/mol. The van der Waals surface area contributed by atoms with Gasteiger partial charge in [0.1, 0.15) is 5.44 Å². The zero-order chi connectivity index (χ0) is 12.5. The number of nitrogens with one attached hydrogen (secondary N) is 1. The number of amides is 1. The second-order valence-electron chi connectivity index (χ2n) is 4.24. The van der Waals surface area contributed by atoms with E-state index in [9.17, 15) is 4.79 Å². The number of carbonyl (C=O) groups is 1. The highest BCUT2D eigenvalue weighted by atomic mass is 32.1. The molecular weight excluding hydrogens is 256 g/mol. The normalized spacial score (nSPS) is 18.7. The summed E-state index contributed by atoms with van der Waals surface area (Å²) in [5.41, 5.74) is 2.43. The fraction of sp³-hybridized carbons (Fsp3) is 0.909. The van der Waals surface area contributed by atoms with E-state index in [0.29, 0.717) is 0 Å². The molecule has 1 rings (SSSR count). The Morgan fingerprint density at radius 2 is 2.00 bits per heavy atom. The van der Waals surface area contributed by atoms with Crippen LogP contribution in [0.4, 0.5) is 4.79 Å². The SMILES string of the molecule is O=C(NN1CCCCC1)OC(S)CCCCS. The number of hydrogen-bond donors (Lipinski definition) is 3. The van der Waals surface area contributed by atoms with Gasteiger partial charge in [0.15, 0.2) is 0 Å². The average Bonchev–Trinajstić information content (AvgIpc) is 2.30. The fourth-order valence-electron chi connectivity index (χ4n) is 1.77. The molecule has 1 aliphatic heterocycles. The molecule has 1 heterocycles. The van der Waals surface area contributed by atoms with Crippen LogP contribution in [0.2, 0.25) is 0 Å². The van der Waals surface area contributed by atoms with Gasteiger partial charge >= 0.3 is 6.09 Å². The quantitative estimate of drug-likeness (QED) is 0.397. The molecule has 0 aromatic carbocycles. The molecule has 1 saturated heterocycles. The van der Waals surface area contributed by atoms with Crippen LogP contribution in [-0.4, -0.2) is 35.4 Å². The minimum absolute atomic E-state index is 0.320. The van der Waals surface area contributed by atoms with E-state index in [0.717, 1.165) is 50.9 Å². The van der Waals surface area contributed by atoms with E-state index in [4.69, 9.17) is 4.74 Å². The first-order valence-corrected chi connectivity index (χ1v) is 7.38. The smallest absolute Gasteiger partial charge is 0.422 e. The van der Waals surface area contributed by atoms with E-state index >= 15 is 0 Å². The van der Waals surface area contributed by atoms with Crippen molar-refractivity contribution in [1.29, 1.82) is 0 Å². The molecule has 100 valence electrons. The van der Waals surface area contributed by atoms with Crippen molar-refractivity contribution in [3.8, 4) is 0 Å². The Hall–Kier alpha value is -0.0700. The van der Waals surface area contributed by atoms with Gasteiger partial charge in [-0.2, -0.15) is 12.6 Å². The Morgan fingerprint density at radius 1 is 1.29 bits per heavy atom. The summed E-state index contributed by atoms with van der Waals surface area (Å²) in [5, 5.41) is 1.92. The number of nitrogens with zero attached hydrogens (tertiary/aromatic N) is 1. The second-order valence-corrected chi connectivity index (χ2v) is 5.26. The summed E-state index contributed by atoms with van der Waals surface area (Å²) >= 11 is 8.36. The van der Waals surface area contributed by atoms with Gasteiger partial charge in [-0.25, -0.2) is 9.80 Å². The summed E-state index contributed by atoms with van der Waals surface area (Å²) in [6.07, 6.45) is 5.89. The molecule has 1 fully saturated rings. The van der Waals surface area contributed by atoms with Crippen LogP contribution in [0, 0.1) is 0 Å². The predicted octanol–water partition coefficient (Wildman–Crippen LogP) is 2.47. The molecule has 0 radical (unpaired) electrons. The maximum Gasteiger partial charge on any atom is 0.422 e. The molecule has 6 heteroatoms. The topological polar surface area (TPSA) is 41.6 Å². The molecule has 0 aliphatic carbocycles. The van der Waals surface area contributed by atoms with Crippen LogP contribution in [-0.2, 0) is 4.74 Å². The van der Waals surface area contributed by atoms with Crippen molar-refractivity contribution in [1.82, 2.24) is 10.4 Å². The van der Waals surface area contributed by atoms with Gasteiger partial charge in [-0.05, 0) is 37.9 Å². The Morgan fingerprint density at radius 3 is 2.65 bits per heavy atom. The van der Waals surface area contributed by atoms with Crippen molar-refractivity contribution in [3.63, 3.8) is 0 Å². The standard InChI is InChI=1S/C11H22N2O2S2/c14-11(12-13-7-3-1-4-8-13)15-10(17)6-2-5-9-16/h10,16-17H,1-9H2,(H,12,14). The maximum absolute atomic E-state index is 11.5. The van der Waals surface area contributed by atoms with Gasteiger partial charge in [-0.3, -0.25) is 5.43 Å². The predicted molar refractivity (Wildman–Crippen MR) is 75.5 cm³/mol. The van der Waals surface area contributed by atoms with Gasteiger partial charge in [-0.1, -0.05) is 6.42 Å². The molecule has 0 aromatic rings. The minimum Gasteiger partial charge on any atom is -0.434 e. The number of hydrazine groups is 1. The Labute approximate surface area is 114 Å². The van der Waals surface area contributed by atoms with Gasteiger partial charge in [-0.15, -0.1) is 12.6 Å². The maximum atomic E-state index is 11.5. The van der Waals surface area contributed by atoms with E-state index in [2.05, 4.69) is 30.7 Å².